The SMILES string of the molecule is C=C(C)C(=O)OCCC(C)[SiH3]. The van der Waals surface area contributed by atoms with Gasteiger partial charge in [-0.05, 0) is 13.3 Å². The van der Waals surface area contributed by atoms with Crippen LogP contribution in [0.5, 0.6) is 0 Å². The van der Waals surface area contributed by atoms with Crippen molar-refractivity contribution in [3.05, 3.63) is 12.2 Å². The number of rotatable bonds is 4. The van der Waals surface area contributed by atoms with Crippen LogP contribution in [0.15, 0.2) is 12.2 Å². The van der Waals surface area contributed by atoms with E-state index < -0.39 is 0 Å². The first-order valence-electron chi connectivity index (χ1n) is 3.86. The van der Waals surface area contributed by atoms with E-state index >= 15 is 0 Å². The summed E-state index contributed by atoms with van der Waals surface area (Å²) in [5, 5.41) is 0. The number of hydrogen-bond donors (Lipinski definition) is 0. The van der Waals surface area contributed by atoms with Crippen LogP contribution in [0, 0.1) is 0 Å². The summed E-state index contributed by atoms with van der Waals surface area (Å²) in [7, 11) is 1.16. The summed E-state index contributed by atoms with van der Waals surface area (Å²) in [6.07, 6.45) is 0.977. The zero-order valence-electron chi connectivity index (χ0n) is 7.52. The summed E-state index contributed by atoms with van der Waals surface area (Å²) in [5.41, 5.74) is 1.19. The van der Waals surface area contributed by atoms with Gasteiger partial charge in [-0.3, -0.25) is 0 Å². The highest BCUT2D eigenvalue weighted by Crippen LogP contribution is 2.03. The van der Waals surface area contributed by atoms with Gasteiger partial charge >= 0.3 is 5.97 Å². The smallest absolute Gasteiger partial charge is 0.333 e. The Kier molecular flexibility index (Phi) is 4.86. The van der Waals surface area contributed by atoms with E-state index in [0.717, 1.165) is 16.7 Å². The van der Waals surface area contributed by atoms with E-state index in [1.54, 1.807) is 6.92 Å². The molecular weight excluding hydrogens is 156 g/mol. The molecule has 0 amide bonds. The van der Waals surface area contributed by atoms with Crippen LogP contribution < -0.4 is 0 Å². The van der Waals surface area contributed by atoms with Crippen molar-refractivity contribution < 1.29 is 9.53 Å². The van der Waals surface area contributed by atoms with Crippen molar-refractivity contribution in [2.45, 2.75) is 25.8 Å². The van der Waals surface area contributed by atoms with E-state index in [1.807, 2.05) is 0 Å². The van der Waals surface area contributed by atoms with Crippen LogP contribution in [-0.4, -0.2) is 22.8 Å². The second-order valence-electron chi connectivity index (χ2n) is 3.10. The number of hydrogen-bond acceptors (Lipinski definition) is 2. The molecule has 0 spiro atoms. The summed E-state index contributed by atoms with van der Waals surface area (Å²) < 4.78 is 4.90. The average Bonchev–Trinajstić information content (AvgIpc) is 1.86. The zero-order chi connectivity index (χ0) is 8.85. The first kappa shape index (κ1) is 10.4. The number of ether oxygens (including phenoxy) is 1. The minimum absolute atomic E-state index is 0.271. The summed E-state index contributed by atoms with van der Waals surface area (Å²) in [6, 6.07) is 0. The molecule has 3 heteroatoms. The van der Waals surface area contributed by atoms with Gasteiger partial charge in [-0.15, -0.1) is 0 Å². The maximum atomic E-state index is 10.8. The molecule has 0 aliphatic heterocycles. The molecule has 0 saturated carbocycles. The predicted octanol–water partition coefficient (Wildman–Crippen LogP) is 0.670. The lowest BCUT2D eigenvalue weighted by molar-refractivity contribution is -0.139. The van der Waals surface area contributed by atoms with E-state index in [1.165, 1.54) is 0 Å². The highest BCUT2D eigenvalue weighted by Gasteiger charge is 2.02. The van der Waals surface area contributed by atoms with Crippen molar-refractivity contribution in [1.29, 1.82) is 0 Å². The molecule has 0 aliphatic carbocycles. The van der Waals surface area contributed by atoms with Crippen molar-refractivity contribution in [3.8, 4) is 0 Å². The minimum Gasteiger partial charge on any atom is -0.462 e. The number of carbonyl (C=O) groups is 1. The Bertz CT molecular complexity index is 152. The normalized spacial score (nSPS) is 12.5. The second-order valence-corrected chi connectivity index (χ2v) is 5.07. The maximum absolute atomic E-state index is 10.8. The van der Waals surface area contributed by atoms with E-state index in [4.69, 9.17) is 4.74 Å². The molecule has 0 fully saturated rings. The predicted molar refractivity (Wildman–Crippen MR) is 49.8 cm³/mol. The lowest BCUT2D eigenvalue weighted by atomic mass is 10.3. The Hall–Kier alpha value is -0.573. The Morgan fingerprint density at radius 2 is 2.27 bits per heavy atom. The Morgan fingerprint density at radius 3 is 2.64 bits per heavy atom. The Morgan fingerprint density at radius 1 is 1.73 bits per heavy atom. The lowest BCUT2D eigenvalue weighted by Gasteiger charge is -2.05. The van der Waals surface area contributed by atoms with Crippen LogP contribution in [0.25, 0.3) is 0 Å². The van der Waals surface area contributed by atoms with Gasteiger partial charge in [0.2, 0.25) is 0 Å². The molecule has 0 aromatic heterocycles. The lowest BCUT2D eigenvalue weighted by Crippen LogP contribution is -2.07. The van der Waals surface area contributed by atoms with Crippen molar-refractivity contribution >= 4 is 16.2 Å². The molecule has 0 aromatic carbocycles. The fourth-order valence-electron chi connectivity index (χ4n) is 0.511. The van der Waals surface area contributed by atoms with Gasteiger partial charge in [0.05, 0.1) is 6.61 Å². The quantitative estimate of drug-likeness (QED) is 0.354. The van der Waals surface area contributed by atoms with Crippen molar-refractivity contribution in [3.63, 3.8) is 0 Å². The molecule has 0 saturated heterocycles. The fraction of sp³-hybridized carbons (Fsp3) is 0.625. The van der Waals surface area contributed by atoms with Gasteiger partial charge in [-0.2, -0.15) is 0 Å². The second kappa shape index (κ2) is 5.13. The van der Waals surface area contributed by atoms with Crippen molar-refractivity contribution in [1.82, 2.24) is 0 Å². The third-order valence-electron chi connectivity index (χ3n) is 1.28. The monoisotopic (exact) mass is 172 g/mol. The largest absolute Gasteiger partial charge is 0.462 e. The van der Waals surface area contributed by atoms with Crippen LogP contribution in [-0.2, 0) is 9.53 Å². The Labute approximate surface area is 71.1 Å². The molecule has 0 rings (SSSR count). The van der Waals surface area contributed by atoms with Gasteiger partial charge < -0.3 is 4.74 Å². The fourth-order valence-corrected chi connectivity index (χ4v) is 0.746. The molecule has 0 bridgehead atoms. The van der Waals surface area contributed by atoms with Crippen LogP contribution in [0.3, 0.4) is 0 Å². The molecule has 0 aromatic rings. The minimum atomic E-state index is -0.271. The van der Waals surface area contributed by atoms with Crippen molar-refractivity contribution in [2.24, 2.45) is 0 Å². The molecule has 1 unspecified atom stereocenters. The number of carbonyl (C=O) groups excluding carboxylic acids is 1. The van der Waals surface area contributed by atoms with Crippen LogP contribution in [0.1, 0.15) is 20.3 Å². The van der Waals surface area contributed by atoms with Gasteiger partial charge in [0.15, 0.2) is 0 Å². The maximum Gasteiger partial charge on any atom is 0.333 e. The van der Waals surface area contributed by atoms with E-state index in [9.17, 15) is 4.79 Å². The van der Waals surface area contributed by atoms with Crippen LogP contribution >= 0.6 is 0 Å². The summed E-state index contributed by atoms with van der Waals surface area (Å²) in [4.78, 5) is 10.8. The standard InChI is InChI=1S/C8H16O2Si/c1-6(2)8(9)10-5-4-7(3)11/h7H,1,4-5H2,2-3,11H3. The van der Waals surface area contributed by atoms with Gasteiger partial charge in [-0.1, -0.05) is 19.0 Å². The highest BCUT2D eigenvalue weighted by molar-refractivity contribution is 6.11. The molecular formula is C8H16O2Si. The van der Waals surface area contributed by atoms with Gasteiger partial charge in [0, 0.05) is 15.8 Å². The molecule has 0 heterocycles. The van der Waals surface area contributed by atoms with Gasteiger partial charge in [0.25, 0.3) is 0 Å². The average molecular weight is 172 g/mol. The first-order valence-corrected chi connectivity index (χ1v) is 5.02. The molecule has 0 aliphatic rings. The van der Waals surface area contributed by atoms with E-state index in [2.05, 4.69) is 13.5 Å². The van der Waals surface area contributed by atoms with Gasteiger partial charge in [0.1, 0.15) is 0 Å². The first-order chi connectivity index (χ1) is 5.04. The highest BCUT2D eigenvalue weighted by atomic mass is 28.1. The molecule has 11 heavy (non-hydrogen) atoms. The van der Waals surface area contributed by atoms with E-state index in [0.29, 0.717) is 17.7 Å². The molecule has 2 nitrogen and oxygen atoms in total. The zero-order valence-corrected chi connectivity index (χ0v) is 9.52. The third kappa shape index (κ3) is 5.85. The summed E-state index contributed by atoms with van der Waals surface area (Å²) in [6.45, 7) is 7.84. The summed E-state index contributed by atoms with van der Waals surface area (Å²) in [5.74, 6) is -0.271. The topological polar surface area (TPSA) is 26.3 Å². The third-order valence-corrected chi connectivity index (χ3v) is 1.85. The van der Waals surface area contributed by atoms with Crippen molar-refractivity contribution in [2.75, 3.05) is 6.61 Å². The van der Waals surface area contributed by atoms with Crippen LogP contribution in [0.4, 0.5) is 0 Å². The van der Waals surface area contributed by atoms with E-state index in [-0.39, 0.29) is 5.97 Å². The van der Waals surface area contributed by atoms with Crippen LogP contribution in [0.2, 0.25) is 5.54 Å². The molecule has 64 valence electrons. The molecule has 1 atom stereocenters. The van der Waals surface area contributed by atoms with Gasteiger partial charge in [-0.25, -0.2) is 4.79 Å². The molecule has 0 radical (unpaired) electrons. The number of esters is 1. The Balaban J connectivity index is 3.40. The summed E-state index contributed by atoms with van der Waals surface area (Å²) >= 11 is 0. The molecule has 0 N–H and O–H groups in total.